The van der Waals surface area contributed by atoms with Gasteiger partial charge in [-0.1, -0.05) is 64.8 Å². The Kier molecular flexibility index (Phi) is 7.00. The molecule has 2 aliphatic rings. The van der Waals surface area contributed by atoms with Crippen molar-refractivity contribution in [2.45, 2.75) is 90.1 Å². The highest BCUT2D eigenvalue weighted by molar-refractivity contribution is 5.81. The first kappa shape index (κ1) is 23.6. The molecule has 0 saturated heterocycles. The number of aryl methyl sites for hydroxylation is 1. The monoisotopic (exact) mass is 426 g/mol. The third kappa shape index (κ3) is 5.41. The van der Waals surface area contributed by atoms with E-state index in [0.717, 1.165) is 49.8 Å². The molecular weight excluding hydrogens is 388 g/mol. The van der Waals surface area contributed by atoms with Crippen molar-refractivity contribution in [3.05, 3.63) is 52.6 Å². The van der Waals surface area contributed by atoms with Gasteiger partial charge in [0.05, 0.1) is 12.7 Å². The van der Waals surface area contributed by atoms with Crippen LogP contribution in [0.4, 0.5) is 0 Å². The van der Waals surface area contributed by atoms with Crippen LogP contribution in [0.15, 0.2) is 35.9 Å². The molecule has 3 rings (SSSR count). The van der Waals surface area contributed by atoms with Gasteiger partial charge in [0.1, 0.15) is 5.75 Å². The van der Waals surface area contributed by atoms with Crippen molar-refractivity contribution in [3.63, 3.8) is 0 Å². The van der Waals surface area contributed by atoms with Crippen molar-refractivity contribution in [2.24, 2.45) is 5.92 Å². The molecule has 0 amide bonds. The quantitative estimate of drug-likeness (QED) is 0.372. The zero-order chi connectivity index (χ0) is 22.8. The van der Waals surface area contributed by atoms with Crippen LogP contribution < -0.4 is 4.74 Å². The number of aliphatic carboxylic acids is 1. The van der Waals surface area contributed by atoms with Crippen LogP contribution in [0, 0.1) is 5.92 Å². The number of unbranched alkanes of at least 4 members (excludes halogenated alkanes) is 1. The molecule has 1 aliphatic heterocycles. The number of hydrogen-bond donors (Lipinski definition) is 2. The van der Waals surface area contributed by atoms with Gasteiger partial charge in [-0.15, -0.1) is 0 Å². The molecular formula is C27H38O4. The summed E-state index contributed by atoms with van der Waals surface area (Å²) in [6, 6.07) is 4.62. The number of carbonyl (C=O) groups is 1. The molecule has 3 atom stereocenters. The highest BCUT2D eigenvalue weighted by atomic mass is 16.5. The maximum Gasteiger partial charge on any atom is 0.328 e. The largest absolute Gasteiger partial charge is 0.492 e. The van der Waals surface area contributed by atoms with Crippen LogP contribution in [0.5, 0.6) is 5.75 Å². The Morgan fingerprint density at radius 3 is 2.71 bits per heavy atom. The first-order valence-corrected chi connectivity index (χ1v) is 11.6. The fraction of sp³-hybridized carbons (Fsp3) is 0.593. The van der Waals surface area contributed by atoms with Gasteiger partial charge >= 0.3 is 5.97 Å². The van der Waals surface area contributed by atoms with Crippen LogP contribution in [0.3, 0.4) is 0 Å². The first-order valence-electron chi connectivity index (χ1n) is 11.6. The second-order valence-electron chi connectivity index (χ2n) is 10.3. The van der Waals surface area contributed by atoms with E-state index in [2.05, 4.69) is 45.9 Å². The zero-order valence-electron chi connectivity index (χ0n) is 19.7. The molecule has 3 unspecified atom stereocenters. The molecule has 1 heterocycles. The summed E-state index contributed by atoms with van der Waals surface area (Å²) >= 11 is 0. The lowest BCUT2D eigenvalue weighted by Gasteiger charge is -2.20. The molecule has 0 radical (unpaired) electrons. The van der Waals surface area contributed by atoms with Crippen molar-refractivity contribution in [3.8, 4) is 5.75 Å². The van der Waals surface area contributed by atoms with Crippen LogP contribution in [0.1, 0.15) is 83.4 Å². The molecule has 4 heteroatoms. The number of carboxylic acids is 1. The second-order valence-corrected chi connectivity index (χ2v) is 10.3. The first-order chi connectivity index (χ1) is 14.6. The molecule has 1 saturated carbocycles. The molecule has 0 bridgehead atoms. The molecule has 170 valence electrons. The van der Waals surface area contributed by atoms with E-state index in [9.17, 15) is 9.90 Å². The van der Waals surface area contributed by atoms with E-state index >= 15 is 0 Å². The van der Waals surface area contributed by atoms with Crippen molar-refractivity contribution in [2.75, 3.05) is 6.61 Å². The topological polar surface area (TPSA) is 66.8 Å². The summed E-state index contributed by atoms with van der Waals surface area (Å²) in [7, 11) is 0. The third-order valence-corrected chi connectivity index (χ3v) is 7.01. The van der Waals surface area contributed by atoms with Gasteiger partial charge in [0.15, 0.2) is 0 Å². The predicted octanol–water partition coefficient (Wildman–Crippen LogP) is 5.71. The minimum absolute atomic E-state index is 0.0156. The summed E-state index contributed by atoms with van der Waals surface area (Å²) in [6.45, 7) is 11.4. The predicted molar refractivity (Wildman–Crippen MR) is 125 cm³/mol. The van der Waals surface area contributed by atoms with Gasteiger partial charge < -0.3 is 14.9 Å². The van der Waals surface area contributed by atoms with E-state index in [0.29, 0.717) is 12.5 Å². The number of rotatable bonds is 10. The van der Waals surface area contributed by atoms with Crippen LogP contribution in [-0.4, -0.2) is 28.9 Å². The van der Waals surface area contributed by atoms with Crippen molar-refractivity contribution in [1.82, 2.24) is 0 Å². The lowest BCUT2D eigenvalue weighted by molar-refractivity contribution is -0.131. The van der Waals surface area contributed by atoms with Crippen molar-refractivity contribution >= 4 is 5.97 Å². The molecule has 2 N–H and O–H groups in total. The number of ether oxygens (including phenoxy) is 1. The highest BCUT2D eigenvalue weighted by Crippen LogP contribution is 2.57. The summed E-state index contributed by atoms with van der Waals surface area (Å²) in [4.78, 5) is 10.9. The molecule has 4 nitrogen and oxygen atoms in total. The minimum atomic E-state index is -0.910. The molecule has 1 aromatic carbocycles. The lowest BCUT2D eigenvalue weighted by Crippen LogP contribution is -2.19. The van der Waals surface area contributed by atoms with E-state index in [1.165, 1.54) is 22.8 Å². The Labute approximate surface area is 187 Å². The normalized spacial score (nSPS) is 25.4. The number of aliphatic hydroxyl groups excluding tert-OH is 1. The lowest BCUT2D eigenvalue weighted by atomic mass is 9.81. The van der Waals surface area contributed by atoms with Gasteiger partial charge in [-0.25, -0.2) is 4.79 Å². The summed E-state index contributed by atoms with van der Waals surface area (Å²) in [6.07, 6.45) is 10.7. The SMILES string of the molecule is CCCCC(O)CCc1cc(C2(C)CC2/C=C/C(C)=C/C(=O)O)cc2c1OCC2(C)C. The van der Waals surface area contributed by atoms with Crippen molar-refractivity contribution < 1.29 is 19.7 Å². The summed E-state index contributed by atoms with van der Waals surface area (Å²) in [5.41, 5.74) is 4.62. The van der Waals surface area contributed by atoms with Gasteiger partial charge in [-0.3, -0.25) is 0 Å². The fourth-order valence-corrected chi connectivity index (χ4v) is 4.64. The molecule has 0 aromatic heterocycles. The highest BCUT2D eigenvalue weighted by Gasteiger charge is 2.50. The summed E-state index contributed by atoms with van der Waals surface area (Å²) in [5.74, 6) is 0.511. The van der Waals surface area contributed by atoms with Gasteiger partial charge in [0.25, 0.3) is 0 Å². The Morgan fingerprint density at radius 1 is 1.29 bits per heavy atom. The van der Waals surface area contributed by atoms with Gasteiger partial charge in [0.2, 0.25) is 0 Å². The average molecular weight is 427 g/mol. The van der Waals surface area contributed by atoms with E-state index in [4.69, 9.17) is 9.84 Å². The number of fused-ring (bicyclic) bond motifs is 1. The molecule has 1 aliphatic carbocycles. The van der Waals surface area contributed by atoms with E-state index in [1.807, 2.05) is 13.0 Å². The molecule has 0 spiro atoms. The Bertz CT molecular complexity index is 879. The number of benzene rings is 1. The van der Waals surface area contributed by atoms with Gasteiger partial charge in [-0.05, 0) is 60.6 Å². The molecule has 1 aromatic rings. The average Bonchev–Trinajstić information content (AvgIpc) is 3.27. The van der Waals surface area contributed by atoms with E-state index in [1.54, 1.807) is 0 Å². The number of allylic oxidation sites excluding steroid dienone is 3. The Balaban J connectivity index is 1.83. The van der Waals surface area contributed by atoms with Crippen LogP contribution in [0.25, 0.3) is 0 Å². The Morgan fingerprint density at radius 2 is 2.03 bits per heavy atom. The molecule has 31 heavy (non-hydrogen) atoms. The van der Waals surface area contributed by atoms with E-state index < -0.39 is 5.97 Å². The minimum Gasteiger partial charge on any atom is -0.492 e. The van der Waals surface area contributed by atoms with Gasteiger partial charge in [-0.2, -0.15) is 0 Å². The number of aliphatic hydroxyl groups is 1. The number of carboxylic acid groups (broad SMARTS) is 1. The summed E-state index contributed by atoms with van der Waals surface area (Å²) in [5, 5.41) is 19.3. The number of hydrogen-bond acceptors (Lipinski definition) is 3. The fourth-order valence-electron chi connectivity index (χ4n) is 4.64. The maximum absolute atomic E-state index is 10.9. The maximum atomic E-state index is 10.9. The smallest absolute Gasteiger partial charge is 0.328 e. The van der Waals surface area contributed by atoms with Gasteiger partial charge in [0, 0.05) is 17.1 Å². The summed E-state index contributed by atoms with van der Waals surface area (Å²) < 4.78 is 6.13. The third-order valence-electron chi connectivity index (χ3n) is 7.01. The van der Waals surface area contributed by atoms with Crippen LogP contribution in [0.2, 0.25) is 0 Å². The second kappa shape index (κ2) is 9.20. The van der Waals surface area contributed by atoms with Crippen LogP contribution in [-0.2, 0) is 22.0 Å². The van der Waals surface area contributed by atoms with Crippen LogP contribution >= 0.6 is 0 Å². The zero-order valence-corrected chi connectivity index (χ0v) is 19.7. The molecule has 1 fully saturated rings. The van der Waals surface area contributed by atoms with Crippen molar-refractivity contribution in [1.29, 1.82) is 0 Å². The Hall–Kier alpha value is -2.07. The van der Waals surface area contributed by atoms with E-state index in [-0.39, 0.29) is 16.9 Å². The standard InChI is InChI=1S/C27H38O4/c1-6-7-8-22(28)12-10-19-14-21(15-23-25(19)31-17-26(23,3)4)27(5)16-20(27)11-9-18(2)13-24(29)30/h9,11,13-15,20,22,28H,6-8,10,12,16-17H2,1-5H3,(H,29,30)/b11-9+,18-13+.